The number of rotatable bonds is 2. The Morgan fingerprint density at radius 1 is 1.29 bits per heavy atom. The van der Waals surface area contributed by atoms with Crippen molar-refractivity contribution in [1.82, 2.24) is 0 Å². The third-order valence-corrected chi connectivity index (χ3v) is 2.77. The van der Waals surface area contributed by atoms with Crippen LogP contribution in [0.15, 0.2) is 18.2 Å². The number of phenols is 1. The van der Waals surface area contributed by atoms with E-state index in [9.17, 15) is 5.11 Å². The summed E-state index contributed by atoms with van der Waals surface area (Å²) in [6.45, 7) is 8.43. The molecule has 0 unspecified atom stereocenters. The summed E-state index contributed by atoms with van der Waals surface area (Å²) in [4.78, 5) is 0. The van der Waals surface area contributed by atoms with Gasteiger partial charge in [-0.25, -0.2) is 0 Å². The van der Waals surface area contributed by atoms with Crippen LogP contribution in [-0.2, 0) is 5.41 Å². The fourth-order valence-electron chi connectivity index (χ4n) is 1.40. The molecule has 0 atom stereocenters. The summed E-state index contributed by atoms with van der Waals surface area (Å²) in [7, 11) is 0. The van der Waals surface area contributed by atoms with E-state index >= 15 is 0 Å². The molecule has 0 aromatic heterocycles. The van der Waals surface area contributed by atoms with E-state index in [2.05, 4.69) is 20.8 Å². The van der Waals surface area contributed by atoms with Crippen LogP contribution in [-0.4, -0.2) is 34.7 Å². The molecule has 14 heavy (non-hydrogen) atoms. The van der Waals surface area contributed by atoms with Gasteiger partial charge in [-0.2, -0.15) is 0 Å². The molecule has 1 aromatic rings. The molecule has 1 aromatic carbocycles. The Labute approximate surface area is 109 Å². The fraction of sp³-hybridized carbons (Fsp3) is 0.500. The van der Waals surface area contributed by atoms with E-state index < -0.39 is 0 Å². The smallest absolute Gasteiger partial charge is 0.119 e. The zero-order valence-corrected chi connectivity index (χ0v) is 11.9. The molecule has 2 heteroatoms. The first kappa shape index (κ1) is 14.0. The first-order valence-corrected chi connectivity index (χ1v) is 4.77. The fourth-order valence-corrected chi connectivity index (χ4v) is 1.40. The van der Waals surface area contributed by atoms with Crippen LogP contribution in [0, 0.1) is 6.92 Å². The molecular weight excluding hydrogens is 183 g/mol. The normalized spacial score (nSPS) is 10.9. The SMILES string of the molecule is CCC(C)(C)c1ccc(C)cc1O.[Na]. The van der Waals surface area contributed by atoms with Gasteiger partial charge in [0.15, 0.2) is 0 Å². The minimum Gasteiger partial charge on any atom is -0.508 e. The topological polar surface area (TPSA) is 20.2 Å². The van der Waals surface area contributed by atoms with Crippen LogP contribution in [0.25, 0.3) is 0 Å². The van der Waals surface area contributed by atoms with Gasteiger partial charge in [0, 0.05) is 29.6 Å². The van der Waals surface area contributed by atoms with E-state index in [0.29, 0.717) is 5.75 Å². The van der Waals surface area contributed by atoms with E-state index in [1.54, 1.807) is 0 Å². The van der Waals surface area contributed by atoms with Crippen LogP contribution < -0.4 is 0 Å². The molecule has 0 aliphatic carbocycles. The molecule has 1 N–H and O–H groups in total. The van der Waals surface area contributed by atoms with Crippen LogP contribution in [0.5, 0.6) is 5.75 Å². The Bertz CT molecular complexity index is 305. The third-order valence-electron chi connectivity index (χ3n) is 2.77. The average molecular weight is 201 g/mol. The maximum Gasteiger partial charge on any atom is 0.119 e. The second-order valence-electron chi connectivity index (χ2n) is 4.26. The zero-order valence-electron chi connectivity index (χ0n) is 9.89. The summed E-state index contributed by atoms with van der Waals surface area (Å²) in [6, 6.07) is 5.90. The summed E-state index contributed by atoms with van der Waals surface area (Å²) in [6.07, 6.45) is 1.03. The van der Waals surface area contributed by atoms with Gasteiger partial charge < -0.3 is 5.11 Å². The maximum absolute atomic E-state index is 9.76. The minimum atomic E-state index is 0. The Kier molecular flexibility index (Phi) is 5.21. The van der Waals surface area contributed by atoms with Crippen molar-refractivity contribution in [1.29, 1.82) is 0 Å². The van der Waals surface area contributed by atoms with Crippen molar-refractivity contribution >= 4 is 29.6 Å². The maximum atomic E-state index is 9.76. The van der Waals surface area contributed by atoms with Gasteiger partial charge in [-0.1, -0.05) is 32.9 Å². The third kappa shape index (κ3) is 3.01. The summed E-state index contributed by atoms with van der Waals surface area (Å²) in [5, 5.41) is 9.76. The number of phenolic OH excluding ortho intramolecular Hbond substituents is 1. The molecule has 0 spiro atoms. The molecule has 0 heterocycles. The van der Waals surface area contributed by atoms with E-state index in [1.807, 2.05) is 25.1 Å². The molecule has 1 radical (unpaired) electrons. The molecule has 1 rings (SSSR count). The second-order valence-corrected chi connectivity index (χ2v) is 4.26. The Hall–Kier alpha value is 0.0200. The molecule has 0 aliphatic heterocycles. The molecule has 0 aliphatic rings. The van der Waals surface area contributed by atoms with Crippen LogP contribution in [0.4, 0.5) is 0 Å². The van der Waals surface area contributed by atoms with Crippen molar-refractivity contribution in [2.24, 2.45) is 0 Å². The van der Waals surface area contributed by atoms with E-state index in [-0.39, 0.29) is 35.0 Å². The van der Waals surface area contributed by atoms with Gasteiger partial charge in [0.2, 0.25) is 0 Å². The predicted molar refractivity (Wildman–Crippen MR) is 61.9 cm³/mol. The van der Waals surface area contributed by atoms with Gasteiger partial charge in [0.05, 0.1) is 0 Å². The summed E-state index contributed by atoms with van der Waals surface area (Å²) < 4.78 is 0. The molecular formula is C12H18NaO. The van der Waals surface area contributed by atoms with E-state index in [1.165, 1.54) is 0 Å². The summed E-state index contributed by atoms with van der Waals surface area (Å²) >= 11 is 0. The van der Waals surface area contributed by atoms with Crippen molar-refractivity contribution in [3.05, 3.63) is 29.3 Å². The Morgan fingerprint density at radius 2 is 1.86 bits per heavy atom. The standard InChI is InChI=1S/C12H18O.Na/c1-5-12(3,4)10-7-6-9(2)8-11(10)13;/h6-8,13H,5H2,1-4H3;. The number of benzene rings is 1. The number of aryl methyl sites for hydroxylation is 1. The van der Waals surface area contributed by atoms with Crippen LogP contribution in [0.2, 0.25) is 0 Å². The van der Waals surface area contributed by atoms with E-state index in [0.717, 1.165) is 17.5 Å². The quantitative estimate of drug-likeness (QED) is 0.729. The average Bonchev–Trinajstić information content (AvgIpc) is 2.03. The molecule has 0 fully saturated rings. The Balaban J connectivity index is 0.00000169. The van der Waals surface area contributed by atoms with E-state index in [4.69, 9.17) is 0 Å². The van der Waals surface area contributed by atoms with Gasteiger partial charge in [-0.15, -0.1) is 0 Å². The molecule has 0 amide bonds. The molecule has 1 nitrogen and oxygen atoms in total. The van der Waals surface area contributed by atoms with Crippen LogP contribution in [0.1, 0.15) is 38.3 Å². The largest absolute Gasteiger partial charge is 0.508 e. The van der Waals surface area contributed by atoms with Crippen molar-refractivity contribution < 1.29 is 5.11 Å². The molecule has 73 valence electrons. The summed E-state index contributed by atoms with van der Waals surface area (Å²) in [5.41, 5.74) is 2.21. The minimum absolute atomic E-state index is 0. The van der Waals surface area contributed by atoms with Crippen LogP contribution in [0.3, 0.4) is 0 Å². The number of hydrogen-bond acceptors (Lipinski definition) is 1. The van der Waals surface area contributed by atoms with Crippen molar-refractivity contribution in [3.8, 4) is 5.75 Å². The number of aromatic hydroxyl groups is 1. The monoisotopic (exact) mass is 201 g/mol. The second kappa shape index (κ2) is 5.20. The predicted octanol–water partition coefficient (Wildman–Crippen LogP) is 3.01. The van der Waals surface area contributed by atoms with Crippen LogP contribution >= 0.6 is 0 Å². The van der Waals surface area contributed by atoms with Crippen molar-refractivity contribution in [2.75, 3.05) is 0 Å². The van der Waals surface area contributed by atoms with Gasteiger partial charge in [-0.3, -0.25) is 0 Å². The van der Waals surface area contributed by atoms with Crippen molar-refractivity contribution in [3.63, 3.8) is 0 Å². The molecule has 0 bridgehead atoms. The van der Waals surface area contributed by atoms with Gasteiger partial charge in [-0.05, 0) is 36.0 Å². The molecule has 0 saturated heterocycles. The number of hydrogen-bond donors (Lipinski definition) is 1. The van der Waals surface area contributed by atoms with Gasteiger partial charge in [0.1, 0.15) is 5.75 Å². The first-order chi connectivity index (χ1) is 5.97. The van der Waals surface area contributed by atoms with Gasteiger partial charge >= 0.3 is 0 Å². The zero-order chi connectivity index (χ0) is 10.1. The molecule has 0 saturated carbocycles. The Morgan fingerprint density at radius 3 is 2.29 bits per heavy atom. The van der Waals surface area contributed by atoms with Crippen molar-refractivity contribution in [2.45, 2.75) is 39.5 Å². The van der Waals surface area contributed by atoms with Gasteiger partial charge in [0.25, 0.3) is 0 Å². The first-order valence-electron chi connectivity index (χ1n) is 4.77. The summed E-state index contributed by atoms with van der Waals surface area (Å²) in [5.74, 6) is 0.423.